The lowest BCUT2D eigenvalue weighted by molar-refractivity contribution is 0.569. The zero-order valence-corrected chi connectivity index (χ0v) is 15.0. The van der Waals surface area contributed by atoms with Gasteiger partial charge in [-0.05, 0) is 34.1 Å². The molecule has 0 unspecified atom stereocenters. The second kappa shape index (κ2) is 5.45. The van der Waals surface area contributed by atoms with E-state index in [0.717, 1.165) is 10.8 Å². The van der Waals surface area contributed by atoms with Gasteiger partial charge in [0.15, 0.2) is 5.13 Å². The van der Waals surface area contributed by atoms with Gasteiger partial charge >= 0.3 is 0 Å². The van der Waals surface area contributed by atoms with Gasteiger partial charge in [0.1, 0.15) is 0 Å². The van der Waals surface area contributed by atoms with Crippen LogP contribution in [0.15, 0.2) is 23.6 Å². The molecule has 0 radical (unpaired) electrons. The topological polar surface area (TPSA) is 24.9 Å². The summed E-state index contributed by atoms with van der Waals surface area (Å²) in [7, 11) is 1.91. The van der Waals surface area contributed by atoms with E-state index in [-0.39, 0.29) is 10.8 Å². The quantitative estimate of drug-likeness (QED) is 0.798. The van der Waals surface area contributed by atoms with Gasteiger partial charge in [0, 0.05) is 18.0 Å². The van der Waals surface area contributed by atoms with Crippen LogP contribution in [0.1, 0.15) is 52.7 Å². The number of anilines is 1. The van der Waals surface area contributed by atoms with Crippen LogP contribution in [0.25, 0.3) is 11.3 Å². The highest BCUT2D eigenvalue weighted by Crippen LogP contribution is 2.34. The average Bonchev–Trinajstić information content (AvgIpc) is 2.85. The smallest absolute Gasteiger partial charge is 0.182 e. The molecule has 0 spiro atoms. The van der Waals surface area contributed by atoms with Crippen LogP contribution in [-0.4, -0.2) is 12.0 Å². The second-order valence-electron chi connectivity index (χ2n) is 7.59. The number of hydrogen-bond donors (Lipinski definition) is 1. The minimum absolute atomic E-state index is 0.137. The van der Waals surface area contributed by atoms with Gasteiger partial charge in [-0.3, -0.25) is 0 Å². The third-order valence-corrected chi connectivity index (χ3v) is 4.54. The highest BCUT2D eigenvalue weighted by atomic mass is 32.1. The highest BCUT2D eigenvalue weighted by molar-refractivity contribution is 7.14. The standard InChI is InChI=1S/C18H26N2S/c1-17(2,3)13-8-12(9-14(10-13)18(4,5)6)15-11-21-16(19-7)20-15/h8-11H,1-7H3,(H,19,20). The minimum Gasteiger partial charge on any atom is -0.365 e. The molecular weight excluding hydrogens is 276 g/mol. The Morgan fingerprint density at radius 1 is 0.905 bits per heavy atom. The summed E-state index contributed by atoms with van der Waals surface area (Å²) in [5, 5.41) is 6.20. The fourth-order valence-corrected chi connectivity index (χ4v) is 2.84. The Hall–Kier alpha value is -1.35. The summed E-state index contributed by atoms with van der Waals surface area (Å²) >= 11 is 1.65. The van der Waals surface area contributed by atoms with Gasteiger partial charge < -0.3 is 5.32 Å². The molecule has 1 aromatic carbocycles. The van der Waals surface area contributed by atoms with Crippen molar-refractivity contribution in [2.45, 2.75) is 52.4 Å². The van der Waals surface area contributed by atoms with Crippen molar-refractivity contribution in [3.05, 3.63) is 34.7 Å². The van der Waals surface area contributed by atoms with Crippen molar-refractivity contribution in [3.63, 3.8) is 0 Å². The van der Waals surface area contributed by atoms with Crippen molar-refractivity contribution in [1.29, 1.82) is 0 Å². The Morgan fingerprint density at radius 3 is 1.81 bits per heavy atom. The van der Waals surface area contributed by atoms with Gasteiger partial charge in [0.25, 0.3) is 0 Å². The Balaban J connectivity index is 2.60. The van der Waals surface area contributed by atoms with E-state index in [9.17, 15) is 0 Å². The van der Waals surface area contributed by atoms with E-state index in [2.05, 4.69) is 75.4 Å². The molecule has 0 saturated carbocycles. The number of aromatic nitrogens is 1. The Bertz CT molecular complexity index is 595. The molecule has 0 aliphatic heterocycles. The molecule has 2 rings (SSSR count). The van der Waals surface area contributed by atoms with Crippen LogP contribution < -0.4 is 5.32 Å². The predicted octanol–water partition coefficient (Wildman–Crippen LogP) is 5.45. The lowest BCUT2D eigenvalue weighted by atomic mass is 9.79. The van der Waals surface area contributed by atoms with E-state index in [1.165, 1.54) is 16.7 Å². The molecule has 0 bridgehead atoms. The van der Waals surface area contributed by atoms with E-state index in [1.54, 1.807) is 11.3 Å². The van der Waals surface area contributed by atoms with Crippen LogP contribution >= 0.6 is 11.3 Å². The van der Waals surface area contributed by atoms with Crippen molar-refractivity contribution in [2.24, 2.45) is 0 Å². The lowest BCUT2D eigenvalue weighted by Gasteiger charge is -2.26. The van der Waals surface area contributed by atoms with Crippen molar-refractivity contribution < 1.29 is 0 Å². The van der Waals surface area contributed by atoms with Crippen molar-refractivity contribution in [2.75, 3.05) is 12.4 Å². The summed E-state index contributed by atoms with van der Waals surface area (Å²) in [6.45, 7) is 13.6. The summed E-state index contributed by atoms with van der Waals surface area (Å²) in [5.74, 6) is 0. The fourth-order valence-electron chi connectivity index (χ4n) is 2.16. The average molecular weight is 302 g/mol. The molecule has 0 aliphatic rings. The van der Waals surface area contributed by atoms with Crippen molar-refractivity contribution >= 4 is 16.5 Å². The fraction of sp³-hybridized carbons (Fsp3) is 0.500. The van der Waals surface area contributed by atoms with E-state index in [4.69, 9.17) is 0 Å². The van der Waals surface area contributed by atoms with Gasteiger partial charge in [0.2, 0.25) is 0 Å². The van der Waals surface area contributed by atoms with Crippen LogP contribution in [-0.2, 0) is 10.8 Å². The molecule has 2 nitrogen and oxygen atoms in total. The van der Waals surface area contributed by atoms with Crippen molar-refractivity contribution in [1.82, 2.24) is 4.98 Å². The van der Waals surface area contributed by atoms with Crippen LogP contribution in [0.5, 0.6) is 0 Å². The van der Waals surface area contributed by atoms with E-state index in [0.29, 0.717) is 0 Å². The number of nitrogens with zero attached hydrogens (tertiary/aromatic N) is 1. The normalized spacial score (nSPS) is 12.5. The number of hydrogen-bond acceptors (Lipinski definition) is 3. The summed E-state index contributed by atoms with van der Waals surface area (Å²) in [5.41, 5.74) is 5.27. The molecule has 1 N–H and O–H groups in total. The monoisotopic (exact) mass is 302 g/mol. The molecule has 1 aromatic heterocycles. The SMILES string of the molecule is CNc1nc(-c2cc(C(C)(C)C)cc(C(C)(C)C)c2)cs1. The van der Waals surface area contributed by atoms with E-state index < -0.39 is 0 Å². The summed E-state index contributed by atoms with van der Waals surface area (Å²) in [6.07, 6.45) is 0. The summed E-state index contributed by atoms with van der Waals surface area (Å²) < 4.78 is 0. The van der Waals surface area contributed by atoms with Crippen LogP contribution in [0, 0.1) is 0 Å². The summed E-state index contributed by atoms with van der Waals surface area (Å²) in [4.78, 5) is 4.65. The molecule has 2 aromatic rings. The van der Waals surface area contributed by atoms with Gasteiger partial charge in [0.05, 0.1) is 5.69 Å². The molecule has 1 heterocycles. The zero-order chi connectivity index (χ0) is 15.8. The van der Waals surface area contributed by atoms with Gasteiger partial charge in [-0.25, -0.2) is 4.98 Å². The van der Waals surface area contributed by atoms with Gasteiger partial charge in [-0.2, -0.15) is 0 Å². The third-order valence-electron chi connectivity index (χ3n) is 3.68. The molecule has 0 fully saturated rings. The van der Waals surface area contributed by atoms with Crippen molar-refractivity contribution in [3.8, 4) is 11.3 Å². The zero-order valence-electron chi connectivity index (χ0n) is 14.2. The Morgan fingerprint density at radius 2 is 1.43 bits per heavy atom. The van der Waals surface area contributed by atoms with Crippen LogP contribution in [0.3, 0.4) is 0 Å². The summed E-state index contributed by atoms with van der Waals surface area (Å²) in [6, 6.07) is 6.91. The number of rotatable bonds is 2. The van der Waals surface area contributed by atoms with E-state index >= 15 is 0 Å². The number of benzene rings is 1. The van der Waals surface area contributed by atoms with Crippen LogP contribution in [0.2, 0.25) is 0 Å². The maximum atomic E-state index is 4.65. The molecule has 0 aliphatic carbocycles. The Kier molecular flexibility index (Phi) is 4.16. The number of thiazole rings is 1. The first-order valence-corrected chi connectivity index (χ1v) is 8.29. The van der Waals surface area contributed by atoms with Crippen LogP contribution in [0.4, 0.5) is 5.13 Å². The molecule has 114 valence electrons. The largest absolute Gasteiger partial charge is 0.365 e. The molecule has 0 amide bonds. The predicted molar refractivity (Wildman–Crippen MR) is 94.5 cm³/mol. The third kappa shape index (κ3) is 3.65. The molecular formula is C18H26N2S. The first-order valence-electron chi connectivity index (χ1n) is 7.41. The van der Waals surface area contributed by atoms with Gasteiger partial charge in [-0.15, -0.1) is 11.3 Å². The molecule has 0 atom stereocenters. The Labute approximate surface area is 132 Å². The first-order chi connectivity index (χ1) is 9.61. The maximum Gasteiger partial charge on any atom is 0.182 e. The first kappa shape index (κ1) is 16.0. The van der Waals surface area contributed by atoms with Gasteiger partial charge in [-0.1, -0.05) is 47.6 Å². The van der Waals surface area contributed by atoms with E-state index in [1.807, 2.05) is 7.05 Å². The highest BCUT2D eigenvalue weighted by Gasteiger charge is 2.21. The molecule has 3 heteroatoms. The maximum absolute atomic E-state index is 4.65. The minimum atomic E-state index is 0.137. The molecule has 21 heavy (non-hydrogen) atoms. The second-order valence-corrected chi connectivity index (χ2v) is 8.45. The lowest BCUT2D eigenvalue weighted by Crippen LogP contribution is -2.16. The molecule has 0 saturated heterocycles. The number of nitrogens with one attached hydrogen (secondary N) is 1.